The van der Waals surface area contributed by atoms with Gasteiger partial charge in [-0.3, -0.25) is 9.78 Å². The standard InChI is InChI=1S/C24H21F6N5O/c25-23(26,27)16-8-6-15(7-9-16)10-12-32-21(36)19-5-3-13-35(19)20-14-18(17-4-1-2-11-31-17)33-22(34-20)24(28,29)30/h1-2,4,6-9,11,14,19H,3,5,10,12-13H2,(H,32,36). The molecule has 0 saturated carbocycles. The summed E-state index contributed by atoms with van der Waals surface area (Å²) >= 11 is 0. The Kier molecular flexibility index (Phi) is 7.14. The summed E-state index contributed by atoms with van der Waals surface area (Å²) in [6, 6.07) is 10.1. The van der Waals surface area contributed by atoms with Crippen molar-refractivity contribution in [1.29, 1.82) is 0 Å². The van der Waals surface area contributed by atoms with Crippen LogP contribution in [0.15, 0.2) is 54.7 Å². The number of pyridine rings is 1. The number of nitrogens with zero attached hydrogens (tertiary/aromatic N) is 4. The van der Waals surface area contributed by atoms with Gasteiger partial charge in [0.15, 0.2) is 0 Å². The number of carbonyl (C=O) groups excluding carboxylic acids is 1. The minimum absolute atomic E-state index is 0.0127. The molecule has 36 heavy (non-hydrogen) atoms. The third-order valence-corrected chi connectivity index (χ3v) is 5.74. The fourth-order valence-corrected chi connectivity index (χ4v) is 3.98. The van der Waals surface area contributed by atoms with Crippen molar-refractivity contribution in [2.45, 2.75) is 37.7 Å². The lowest BCUT2D eigenvalue weighted by Crippen LogP contribution is -2.44. The SMILES string of the molecule is O=C(NCCc1ccc(C(F)(F)F)cc1)C1CCCN1c1cc(-c2ccccn2)nc(C(F)(F)F)n1. The van der Waals surface area contributed by atoms with Crippen molar-refractivity contribution >= 4 is 11.7 Å². The molecule has 0 spiro atoms. The van der Waals surface area contributed by atoms with Gasteiger partial charge in [-0.1, -0.05) is 18.2 Å². The Labute approximate surface area is 202 Å². The summed E-state index contributed by atoms with van der Waals surface area (Å²) < 4.78 is 78.7. The van der Waals surface area contributed by atoms with E-state index in [1.54, 1.807) is 12.1 Å². The highest BCUT2D eigenvalue weighted by Gasteiger charge is 2.38. The first-order valence-corrected chi connectivity index (χ1v) is 11.1. The fourth-order valence-electron chi connectivity index (χ4n) is 3.98. The van der Waals surface area contributed by atoms with Crippen LogP contribution < -0.4 is 10.2 Å². The summed E-state index contributed by atoms with van der Waals surface area (Å²) in [6.07, 6.45) is -6.50. The van der Waals surface area contributed by atoms with Gasteiger partial charge in [0, 0.05) is 25.4 Å². The molecule has 190 valence electrons. The van der Waals surface area contributed by atoms with Gasteiger partial charge in [0.2, 0.25) is 11.7 Å². The van der Waals surface area contributed by atoms with Crippen LogP contribution in [0.3, 0.4) is 0 Å². The third-order valence-electron chi connectivity index (χ3n) is 5.74. The molecule has 3 heterocycles. The summed E-state index contributed by atoms with van der Waals surface area (Å²) in [4.78, 5) is 25.8. The lowest BCUT2D eigenvalue weighted by Gasteiger charge is -2.26. The molecule has 4 rings (SSSR count). The predicted molar refractivity (Wildman–Crippen MR) is 119 cm³/mol. The van der Waals surface area contributed by atoms with Crippen LogP contribution in [0.1, 0.15) is 29.8 Å². The molecule has 6 nitrogen and oxygen atoms in total. The quantitative estimate of drug-likeness (QED) is 0.479. The number of hydrogen-bond donors (Lipinski definition) is 1. The van der Waals surface area contributed by atoms with E-state index in [9.17, 15) is 31.1 Å². The van der Waals surface area contributed by atoms with Crippen LogP contribution in [-0.4, -0.2) is 40.0 Å². The molecule has 1 aliphatic heterocycles. The normalized spacial score (nSPS) is 16.3. The number of rotatable bonds is 6. The molecule has 1 atom stereocenters. The molecule has 1 N–H and O–H groups in total. The molecular formula is C24H21F6N5O. The smallest absolute Gasteiger partial charge is 0.354 e. The Balaban J connectivity index is 1.48. The molecule has 1 fully saturated rings. The Hall–Kier alpha value is -3.70. The van der Waals surface area contributed by atoms with Gasteiger partial charge >= 0.3 is 12.4 Å². The molecular weight excluding hydrogens is 488 g/mol. The van der Waals surface area contributed by atoms with Crippen LogP contribution in [-0.2, 0) is 23.6 Å². The molecule has 0 bridgehead atoms. The van der Waals surface area contributed by atoms with Crippen molar-refractivity contribution in [2.24, 2.45) is 0 Å². The number of anilines is 1. The Morgan fingerprint density at radius 2 is 1.72 bits per heavy atom. The van der Waals surface area contributed by atoms with E-state index in [1.165, 1.54) is 35.4 Å². The summed E-state index contributed by atoms with van der Waals surface area (Å²) in [7, 11) is 0. The Morgan fingerprint density at radius 3 is 2.36 bits per heavy atom. The van der Waals surface area contributed by atoms with Crippen LogP contribution in [0, 0.1) is 0 Å². The number of amides is 1. The highest BCUT2D eigenvalue weighted by molar-refractivity contribution is 5.85. The number of hydrogen-bond acceptors (Lipinski definition) is 5. The third kappa shape index (κ3) is 5.92. The molecule has 1 aromatic carbocycles. The topological polar surface area (TPSA) is 71.0 Å². The van der Waals surface area contributed by atoms with Gasteiger partial charge in [-0.05, 0) is 49.1 Å². The second kappa shape index (κ2) is 10.1. The maximum atomic E-state index is 13.5. The van der Waals surface area contributed by atoms with Crippen LogP contribution in [0.2, 0.25) is 0 Å². The molecule has 1 amide bonds. The molecule has 1 saturated heterocycles. The molecule has 12 heteroatoms. The number of aromatic nitrogens is 3. The molecule has 3 aromatic rings. The second-order valence-electron chi connectivity index (χ2n) is 8.23. The van der Waals surface area contributed by atoms with Crippen molar-refractivity contribution < 1.29 is 31.1 Å². The lowest BCUT2D eigenvalue weighted by molar-refractivity contribution is -0.144. The zero-order valence-electron chi connectivity index (χ0n) is 18.8. The van der Waals surface area contributed by atoms with E-state index in [0.717, 1.165) is 12.1 Å². The molecule has 1 aliphatic rings. The van der Waals surface area contributed by atoms with Gasteiger partial charge < -0.3 is 10.2 Å². The minimum Gasteiger partial charge on any atom is -0.354 e. The summed E-state index contributed by atoms with van der Waals surface area (Å²) in [5, 5.41) is 2.73. The maximum absolute atomic E-state index is 13.5. The molecule has 1 unspecified atom stereocenters. The predicted octanol–water partition coefficient (Wildman–Crippen LogP) is 4.90. The zero-order valence-corrected chi connectivity index (χ0v) is 18.8. The molecule has 0 aliphatic carbocycles. The van der Waals surface area contributed by atoms with E-state index >= 15 is 0 Å². The number of carbonyl (C=O) groups is 1. The zero-order chi connectivity index (χ0) is 25.9. The van der Waals surface area contributed by atoms with Crippen molar-refractivity contribution in [3.05, 3.63) is 71.7 Å². The van der Waals surface area contributed by atoms with Gasteiger partial charge in [0.05, 0.1) is 17.0 Å². The number of nitrogens with one attached hydrogen (secondary N) is 1. The van der Waals surface area contributed by atoms with Gasteiger partial charge in [-0.2, -0.15) is 26.3 Å². The number of halogens is 6. The average molecular weight is 509 g/mol. The van der Waals surface area contributed by atoms with Crippen molar-refractivity contribution in [1.82, 2.24) is 20.3 Å². The first kappa shape index (κ1) is 25.4. The minimum atomic E-state index is -4.79. The van der Waals surface area contributed by atoms with Crippen molar-refractivity contribution in [3.63, 3.8) is 0 Å². The van der Waals surface area contributed by atoms with Crippen LogP contribution in [0.4, 0.5) is 32.2 Å². The van der Waals surface area contributed by atoms with E-state index < -0.39 is 35.7 Å². The van der Waals surface area contributed by atoms with Crippen molar-refractivity contribution in [2.75, 3.05) is 18.0 Å². The number of benzene rings is 1. The van der Waals surface area contributed by atoms with Crippen LogP contribution in [0.25, 0.3) is 11.4 Å². The average Bonchev–Trinajstić information content (AvgIpc) is 3.34. The van der Waals surface area contributed by atoms with Crippen LogP contribution >= 0.6 is 0 Å². The summed E-state index contributed by atoms with van der Waals surface area (Å²) in [6.45, 7) is 0.484. The summed E-state index contributed by atoms with van der Waals surface area (Å²) in [5.41, 5.74) is 0.0758. The molecule has 0 radical (unpaired) electrons. The first-order valence-electron chi connectivity index (χ1n) is 11.1. The summed E-state index contributed by atoms with van der Waals surface area (Å²) in [5.74, 6) is -1.75. The van der Waals surface area contributed by atoms with Crippen molar-refractivity contribution in [3.8, 4) is 11.4 Å². The lowest BCUT2D eigenvalue weighted by atomic mass is 10.1. The highest BCUT2D eigenvalue weighted by atomic mass is 19.4. The van der Waals surface area contributed by atoms with E-state index in [0.29, 0.717) is 31.4 Å². The largest absolute Gasteiger partial charge is 0.451 e. The van der Waals surface area contributed by atoms with Gasteiger partial charge in [0.1, 0.15) is 11.9 Å². The maximum Gasteiger partial charge on any atom is 0.451 e. The Morgan fingerprint density at radius 1 is 0.972 bits per heavy atom. The number of alkyl halides is 6. The first-order chi connectivity index (χ1) is 17.0. The van der Waals surface area contributed by atoms with Crippen LogP contribution in [0.5, 0.6) is 0 Å². The molecule has 2 aromatic heterocycles. The van der Waals surface area contributed by atoms with Gasteiger partial charge in [-0.25, -0.2) is 9.97 Å². The second-order valence-corrected chi connectivity index (χ2v) is 8.23. The van der Waals surface area contributed by atoms with E-state index in [2.05, 4.69) is 20.3 Å². The van der Waals surface area contributed by atoms with Gasteiger partial charge in [-0.15, -0.1) is 0 Å². The Bertz CT molecular complexity index is 1200. The highest BCUT2D eigenvalue weighted by Crippen LogP contribution is 2.33. The monoisotopic (exact) mass is 509 g/mol. The van der Waals surface area contributed by atoms with E-state index in [4.69, 9.17) is 0 Å². The van der Waals surface area contributed by atoms with E-state index in [1.807, 2.05) is 0 Å². The van der Waals surface area contributed by atoms with E-state index in [-0.39, 0.29) is 23.8 Å². The van der Waals surface area contributed by atoms with Gasteiger partial charge in [0.25, 0.3) is 0 Å². The fraction of sp³-hybridized carbons (Fsp3) is 0.333.